The molecule has 0 spiro atoms. The highest BCUT2D eigenvalue weighted by molar-refractivity contribution is 6.34. The first-order chi connectivity index (χ1) is 11.9. The molecule has 0 heterocycles. The largest absolute Gasteiger partial charge is 0.465 e. The number of carbonyl (C=O) groups is 3. The van der Waals surface area contributed by atoms with Gasteiger partial charge in [-0.05, 0) is 31.0 Å². The molecule has 0 unspecified atom stereocenters. The van der Waals surface area contributed by atoms with Gasteiger partial charge in [0.05, 0.1) is 23.4 Å². The van der Waals surface area contributed by atoms with Crippen molar-refractivity contribution in [2.45, 2.75) is 45.1 Å². The second-order valence-electron chi connectivity index (χ2n) is 6.13. The summed E-state index contributed by atoms with van der Waals surface area (Å²) < 4.78 is 4.69. The molecule has 1 N–H and O–H groups in total. The molecule has 2 rings (SSSR count). The van der Waals surface area contributed by atoms with Crippen molar-refractivity contribution in [3.05, 3.63) is 28.8 Å². The third-order valence-electron chi connectivity index (χ3n) is 4.32. The van der Waals surface area contributed by atoms with Crippen LogP contribution in [0, 0.1) is 0 Å². The molecule has 1 fully saturated rings. The Hall–Kier alpha value is -2.08. The molecule has 1 aliphatic rings. The number of nitrogens with zero attached hydrogens (tertiary/aromatic N) is 1. The Labute approximate surface area is 152 Å². The van der Waals surface area contributed by atoms with Crippen molar-refractivity contribution >= 4 is 35.1 Å². The molecule has 0 aliphatic heterocycles. The fraction of sp³-hybridized carbons (Fsp3) is 0.500. The molecule has 1 aromatic rings. The predicted molar refractivity (Wildman–Crippen MR) is 95.8 cm³/mol. The molecule has 136 valence electrons. The van der Waals surface area contributed by atoms with E-state index in [1.54, 1.807) is 0 Å². The second kappa shape index (κ2) is 8.85. The molecule has 2 amide bonds. The molecule has 0 saturated heterocycles. The van der Waals surface area contributed by atoms with Crippen LogP contribution in [0.15, 0.2) is 18.2 Å². The lowest BCUT2D eigenvalue weighted by atomic mass is 10.1. The monoisotopic (exact) mass is 366 g/mol. The summed E-state index contributed by atoms with van der Waals surface area (Å²) in [7, 11) is 1.28. The Morgan fingerprint density at radius 3 is 2.56 bits per heavy atom. The zero-order valence-electron chi connectivity index (χ0n) is 14.5. The van der Waals surface area contributed by atoms with Gasteiger partial charge in [0.25, 0.3) is 0 Å². The number of nitrogens with one attached hydrogen (secondary N) is 1. The van der Waals surface area contributed by atoms with Crippen LogP contribution < -0.4 is 10.2 Å². The normalized spacial score (nSPS) is 14.2. The maximum absolute atomic E-state index is 12.1. The van der Waals surface area contributed by atoms with Crippen molar-refractivity contribution in [1.82, 2.24) is 5.32 Å². The van der Waals surface area contributed by atoms with Crippen molar-refractivity contribution in [2.24, 2.45) is 0 Å². The Kier molecular flexibility index (Phi) is 6.82. The van der Waals surface area contributed by atoms with Crippen molar-refractivity contribution in [1.29, 1.82) is 0 Å². The van der Waals surface area contributed by atoms with Gasteiger partial charge in [0.1, 0.15) is 0 Å². The highest BCUT2D eigenvalue weighted by Gasteiger charge is 2.21. The topological polar surface area (TPSA) is 75.7 Å². The number of carbonyl (C=O) groups excluding carboxylic acids is 3. The van der Waals surface area contributed by atoms with Gasteiger partial charge < -0.3 is 15.0 Å². The number of hydrogen-bond donors (Lipinski definition) is 1. The van der Waals surface area contributed by atoms with Gasteiger partial charge in [0.15, 0.2) is 0 Å². The quantitative estimate of drug-likeness (QED) is 0.785. The number of anilines is 1. The van der Waals surface area contributed by atoms with Crippen molar-refractivity contribution in [3.63, 3.8) is 0 Å². The molecule has 1 saturated carbocycles. The third kappa shape index (κ3) is 5.19. The van der Waals surface area contributed by atoms with E-state index in [0.717, 1.165) is 25.7 Å². The van der Waals surface area contributed by atoms with E-state index in [-0.39, 0.29) is 30.8 Å². The second-order valence-corrected chi connectivity index (χ2v) is 6.53. The summed E-state index contributed by atoms with van der Waals surface area (Å²) in [6.07, 6.45) is 4.47. The van der Waals surface area contributed by atoms with Gasteiger partial charge in [-0.3, -0.25) is 9.59 Å². The molecular formula is C18H23ClN2O4. The zero-order chi connectivity index (χ0) is 18.4. The lowest BCUT2D eigenvalue weighted by Gasteiger charge is -2.23. The average molecular weight is 367 g/mol. The summed E-state index contributed by atoms with van der Waals surface area (Å²) >= 11 is 6.19. The van der Waals surface area contributed by atoms with Crippen LogP contribution in [0.1, 0.15) is 49.4 Å². The van der Waals surface area contributed by atoms with Crippen LogP contribution in [-0.4, -0.2) is 37.5 Å². The number of halogens is 1. The molecule has 25 heavy (non-hydrogen) atoms. The molecule has 0 bridgehead atoms. The number of methoxy groups -OCH3 is 1. The van der Waals surface area contributed by atoms with Crippen LogP contribution in [0.5, 0.6) is 0 Å². The summed E-state index contributed by atoms with van der Waals surface area (Å²) in [6.45, 7) is 1.59. The molecule has 7 heteroatoms. The lowest BCUT2D eigenvalue weighted by molar-refractivity contribution is -0.121. The van der Waals surface area contributed by atoms with Crippen LogP contribution >= 0.6 is 11.6 Å². The molecule has 1 aliphatic carbocycles. The van der Waals surface area contributed by atoms with Gasteiger partial charge in [-0.2, -0.15) is 0 Å². The van der Waals surface area contributed by atoms with Gasteiger partial charge in [-0.15, -0.1) is 0 Å². The highest BCUT2D eigenvalue weighted by atomic mass is 35.5. The third-order valence-corrected chi connectivity index (χ3v) is 4.64. The van der Waals surface area contributed by atoms with E-state index in [4.69, 9.17) is 16.3 Å². The van der Waals surface area contributed by atoms with Crippen LogP contribution in [-0.2, 0) is 14.3 Å². The molecular weight excluding hydrogens is 344 g/mol. The van der Waals surface area contributed by atoms with E-state index in [1.807, 2.05) is 0 Å². The minimum absolute atomic E-state index is 0.0848. The molecule has 6 nitrogen and oxygen atoms in total. The Morgan fingerprint density at radius 1 is 1.28 bits per heavy atom. The van der Waals surface area contributed by atoms with E-state index in [9.17, 15) is 14.4 Å². The van der Waals surface area contributed by atoms with E-state index < -0.39 is 5.97 Å². The Morgan fingerprint density at radius 2 is 1.96 bits per heavy atom. The van der Waals surface area contributed by atoms with E-state index in [0.29, 0.717) is 16.3 Å². The first-order valence-corrected chi connectivity index (χ1v) is 8.75. The summed E-state index contributed by atoms with van der Waals surface area (Å²) in [4.78, 5) is 37.2. The summed E-state index contributed by atoms with van der Waals surface area (Å²) in [5.74, 6) is -0.851. The first kappa shape index (κ1) is 19.2. The maximum Gasteiger partial charge on any atom is 0.337 e. The van der Waals surface area contributed by atoms with Crippen molar-refractivity contribution in [3.8, 4) is 0 Å². The van der Waals surface area contributed by atoms with Gasteiger partial charge in [0, 0.05) is 25.9 Å². The van der Waals surface area contributed by atoms with E-state index in [1.165, 1.54) is 37.1 Å². The Bertz CT molecular complexity index is 656. The average Bonchev–Trinajstić information content (AvgIpc) is 3.08. The summed E-state index contributed by atoms with van der Waals surface area (Å²) in [5, 5.41) is 3.33. The lowest BCUT2D eigenvalue weighted by Crippen LogP contribution is -2.37. The number of benzene rings is 1. The smallest absolute Gasteiger partial charge is 0.337 e. The van der Waals surface area contributed by atoms with Crippen LogP contribution in [0.4, 0.5) is 5.69 Å². The van der Waals surface area contributed by atoms with Crippen LogP contribution in [0.25, 0.3) is 0 Å². The summed E-state index contributed by atoms with van der Waals surface area (Å²) in [6, 6.07) is 4.81. The van der Waals surface area contributed by atoms with Gasteiger partial charge in [-0.1, -0.05) is 24.4 Å². The standard InChI is InChI=1S/C18H23ClN2O4/c1-12(22)21(10-9-17(23)20-14-5-3-4-6-14)16-11-13(18(24)25-2)7-8-15(16)19/h7-8,11,14H,3-6,9-10H2,1-2H3,(H,20,23). The van der Waals surface area contributed by atoms with Crippen LogP contribution in [0.3, 0.4) is 0 Å². The first-order valence-electron chi connectivity index (χ1n) is 8.37. The highest BCUT2D eigenvalue weighted by Crippen LogP contribution is 2.28. The van der Waals surface area contributed by atoms with E-state index >= 15 is 0 Å². The summed E-state index contributed by atoms with van der Waals surface area (Å²) in [5.41, 5.74) is 0.689. The molecule has 0 atom stereocenters. The number of amides is 2. The maximum atomic E-state index is 12.1. The van der Waals surface area contributed by atoms with Crippen molar-refractivity contribution < 1.29 is 19.1 Å². The number of hydrogen-bond acceptors (Lipinski definition) is 4. The van der Waals surface area contributed by atoms with Gasteiger partial charge in [-0.25, -0.2) is 4.79 Å². The number of esters is 1. The predicted octanol–water partition coefficient (Wildman–Crippen LogP) is 2.93. The number of rotatable bonds is 6. The number of ether oxygens (including phenoxy) is 1. The fourth-order valence-electron chi connectivity index (χ4n) is 3.00. The minimum atomic E-state index is -0.514. The van der Waals surface area contributed by atoms with Gasteiger partial charge >= 0.3 is 5.97 Å². The van der Waals surface area contributed by atoms with Crippen molar-refractivity contribution in [2.75, 3.05) is 18.6 Å². The minimum Gasteiger partial charge on any atom is -0.465 e. The Balaban J connectivity index is 2.08. The van der Waals surface area contributed by atoms with Crippen LogP contribution in [0.2, 0.25) is 5.02 Å². The molecule has 0 aromatic heterocycles. The zero-order valence-corrected chi connectivity index (χ0v) is 15.3. The SMILES string of the molecule is COC(=O)c1ccc(Cl)c(N(CCC(=O)NC2CCCC2)C(C)=O)c1. The fourth-order valence-corrected chi connectivity index (χ4v) is 3.21. The van der Waals surface area contributed by atoms with Gasteiger partial charge in [0.2, 0.25) is 11.8 Å². The molecule has 0 radical (unpaired) electrons. The molecule has 1 aromatic carbocycles. The van der Waals surface area contributed by atoms with E-state index in [2.05, 4.69) is 5.32 Å².